The van der Waals surface area contributed by atoms with Gasteiger partial charge in [0.1, 0.15) is 0 Å². The maximum absolute atomic E-state index is 11.1. The first-order valence-electron chi connectivity index (χ1n) is 3.91. The SMILES string of the molecule is C[C@H](O)[C@H](C(=O)O)N1C(=O)C=CC1=O. The molecule has 6 heteroatoms. The van der Waals surface area contributed by atoms with Gasteiger partial charge in [-0.25, -0.2) is 4.79 Å². The number of aliphatic hydroxyl groups excluding tert-OH is 1. The third kappa shape index (κ3) is 1.64. The maximum Gasteiger partial charge on any atom is 0.329 e. The smallest absolute Gasteiger partial charge is 0.329 e. The molecule has 1 heterocycles. The Hall–Kier alpha value is -1.69. The van der Waals surface area contributed by atoms with Gasteiger partial charge in [-0.05, 0) is 6.92 Å². The molecule has 0 spiro atoms. The molecule has 0 aromatic rings. The zero-order chi connectivity index (χ0) is 10.9. The summed E-state index contributed by atoms with van der Waals surface area (Å²) >= 11 is 0. The van der Waals surface area contributed by atoms with Crippen LogP contribution in [0.3, 0.4) is 0 Å². The fraction of sp³-hybridized carbons (Fsp3) is 0.375. The second-order valence-corrected chi connectivity index (χ2v) is 2.90. The van der Waals surface area contributed by atoms with Crippen molar-refractivity contribution in [3.63, 3.8) is 0 Å². The lowest BCUT2D eigenvalue weighted by Gasteiger charge is -2.24. The highest BCUT2D eigenvalue weighted by molar-refractivity contribution is 6.14. The van der Waals surface area contributed by atoms with Gasteiger partial charge in [-0.1, -0.05) is 0 Å². The summed E-state index contributed by atoms with van der Waals surface area (Å²) in [5.74, 6) is -2.85. The molecule has 0 saturated heterocycles. The minimum Gasteiger partial charge on any atom is -0.480 e. The molecule has 2 amide bonds. The van der Waals surface area contributed by atoms with Crippen LogP contribution < -0.4 is 0 Å². The number of aliphatic hydroxyl groups is 1. The first kappa shape index (κ1) is 10.4. The predicted octanol–water partition coefficient (Wildman–Crippen LogP) is -1.25. The first-order valence-corrected chi connectivity index (χ1v) is 3.91. The number of aliphatic carboxylic acids is 1. The number of carbonyl (C=O) groups is 3. The van der Waals surface area contributed by atoms with Crippen molar-refractivity contribution in [3.05, 3.63) is 12.2 Å². The van der Waals surface area contributed by atoms with E-state index in [4.69, 9.17) is 10.2 Å². The molecule has 0 aromatic carbocycles. The van der Waals surface area contributed by atoms with Crippen LogP contribution in [0.4, 0.5) is 0 Å². The molecule has 1 aliphatic rings. The van der Waals surface area contributed by atoms with Gasteiger partial charge in [-0.2, -0.15) is 0 Å². The van der Waals surface area contributed by atoms with Gasteiger partial charge < -0.3 is 10.2 Å². The number of carboxylic acid groups (broad SMARTS) is 1. The summed E-state index contributed by atoms with van der Waals surface area (Å²) in [5.41, 5.74) is 0. The molecular weight excluding hydrogens is 190 g/mol. The van der Waals surface area contributed by atoms with E-state index in [1.54, 1.807) is 0 Å². The van der Waals surface area contributed by atoms with Crippen LogP contribution in [0.25, 0.3) is 0 Å². The number of hydrogen-bond acceptors (Lipinski definition) is 4. The third-order valence-corrected chi connectivity index (χ3v) is 1.83. The van der Waals surface area contributed by atoms with E-state index in [0.717, 1.165) is 12.2 Å². The summed E-state index contributed by atoms with van der Waals surface area (Å²) < 4.78 is 0. The Balaban J connectivity index is 2.95. The molecule has 1 aliphatic heterocycles. The summed E-state index contributed by atoms with van der Waals surface area (Å²) in [6.45, 7) is 1.21. The minimum atomic E-state index is -1.52. The average molecular weight is 199 g/mol. The summed E-state index contributed by atoms with van der Waals surface area (Å²) in [6.07, 6.45) is 0.640. The van der Waals surface area contributed by atoms with Crippen molar-refractivity contribution < 1.29 is 24.6 Å². The molecule has 2 atom stereocenters. The standard InChI is InChI=1S/C8H9NO5/c1-4(10)7(8(13)14)9-5(11)2-3-6(9)12/h2-4,7,10H,1H3,(H,13,14)/t4-,7+/m0/s1. The second kappa shape index (κ2) is 3.59. The molecule has 14 heavy (non-hydrogen) atoms. The number of carboxylic acids is 1. The molecule has 0 radical (unpaired) electrons. The van der Waals surface area contributed by atoms with Gasteiger partial charge in [0, 0.05) is 12.2 Å². The van der Waals surface area contributed by atoms with E-state index in [-0.39, 0.29) is 0 Å². The predicted molar refractivity (Wildman–Crippen MR) is 44.1 cm³/mol. The van der Waals surface area contributed by atoms with Crippen LogP contribution in [0.1, 0.15) is 6.92 Å². The van der Waals surface area contributed by atoms with Gasteiger partial charge >= 0.3 is 5.97 Å². The van der Waals surface area contributed by atoms with E-state index >= 15 is 0 Å². The maximum atomic E-state index is 11.1. The highest BCUT2D eigenvalue weighted by Gasteiger charge is 2.38. The van der Waals surface area contributed by atoms with Gasteiger partial charge in [0.05, 0.1) is 6.10 Å². The van der Waals surface area contributed by atoms with Crippen LogP contribution in [0, 0.1) is 0 Å². The number of nitrogens with zero attached hydrogens (tertiary/aromatic N) is 1. The number of amides is 2. The Kier molecular flexibility index (Phi) is 2.66. The fourth-order valence-corrected chi connectivity index (χ4v) is 1.22. The Morgan fingerprint density at radius 1 is 1.36 bits per heavy atom. The van der Waals surface area contributed by atoms with Crippen molar-refractivity contribution in [1.29, 1.82) is 0 Å². The zero-order valence-corrected chi connectivity index (χ0v) is 7.38. The molecule has 0 aliphatic carbocycles. The summed E-state index contributed by atoms with van der Waals surface area (Å²) in [4.78, 5) is 33.4. The molecule has 0 fully saturated rings. The molecule has 0 bridgehead atoms. The summed E-state index contributed by atoms with van der Waals surface area (Å²) in [5, 5.41) is 17.8. The van der Waals surface area contributed by atoms with Crippen LogP contribution in [0.2, 0.25) is 0 Å². The third-order valence-electron chi connectivity index (χ3n) is 1.83. The molecule has 76 valence electrons. The lowest BCUT2D eigenvalue weighted by molar-refractivity contribution is -0.157. The van der Waals surface area contributed by atoms with E-state index < -0.39 is 29.9 Å². The molecule has 0 aromatic heterocycles. The summed E-state index contributed by atoms with van der Waals surface area (Å²) in [7, 11) is 0. The van der Waals surface area contributed by atoms with E-state index in [0.29, 0.717) is 4.90 Å². The van der Waals surface area contributed by atoms with Crippen LogP contribution in [0.15, 0.2) is 12.2 Å². The molecular formula is C8H9NO5. The second-order valence-electron chi connectivity index (χ2n) is 2.90. The Morgan fingerprint density at radius 3 is 2.07 bits per heavy atom. The molecule has 6 nitrogen and oxygen atoms in total. The fourth-order valence-electron chi connectivity index (χ4n) is 1.22. The quantitative estimate of drug-likeness (QED) is 0.553. The number of hydrogen-bond donors (Lipinski definition) is 2. The molecule has 2 N–H and O–H groups in total. The van der Waals surface area contributed by atoms with E-state index in [1.165, 1.54) is 6.92 Å². The van der Waals surface area contributed by atoms with Crippen LogP contribution in [-0.4, -0.2) is 45.0 Å². The zero-order valence-electron chi connectivity index (χ0n) is 7.38. The van der Waals surface area contributed by atoms with Gasteiger partial charge in [0.2, 0.25) is 0 Å². The largest absolute Gasteiger partial charge is 0.480 e. The molecule has 0 unspecified atom stereocenters. The van der Waals surface area contributed by atoms with Gasteiger partial charge in [0.15, 0.2) is 6.04 Å². The average Bonchev–Trinajstić information content (AvgIpc) is 2.34. The van der Waals surface area contributed by atoms with Crippen LogP contribution >= 0.6 is 0 Å². The van der Waals surface area contributed by atoms with Gasteiger partial charge in [0.25, 0.3) is 11.8 Å². The lowest BCUT2D eigenvalue weighted by Crippen LogP contribution is -2.50. The van der Waals surface area contributed by atoms with E-state index in [9.17, 15) is 14.4 Å². The number of imide groups is 1. The van der Waals surface area contributed by atoms with Crippen molar-refractivity contribution >= 4 is 17.8 Å². The Morgan fingerprint density at radius 2 is 1.79 bits per heavy atom. The van der Waals surface area contributed by atoms with Crippen molar-refractivity contribution in [2.45, 2.75) is 19.1 Å². The highest BCUT2D eigenvalue weighted by Crippen LogP contribution is 2.12. The molecule has 0 saturated carbocycles. The van der Waals surface area contributed by atoms with Crippen molar-refractivity contribution in [1.82, 2.24) is 4.90 Å². The number of carbonyl (C=O) groups excluding carboxylic acids is 2. The highest BCUT2D eigenvalue weighted by atomic mass is 16.4. The topological polar surface area (TPSA) is 94.9 Å². The van der Waals surface area contributed by atoms with Crippen molar-refractivity contribution in [2.24, 2.45) is 0 Å². The molecule has 1 rings (SSSR count). The Labute approximate surface area is 79.4 Å². The normalized spacial score (nSPS) is 20.0. The van der Waals surface area contributed by atoms with E-state index in [1.807, 2.05) is 0 Å². The summed E-state index contributed by atoms with van der Waals surface area (Å²) in [6, 6.07) is -1.52. The van der Waals surface area contributed by atoms with E-state index in [2.05, 4.69) is 0 Å². The van der Waals surface area contributed by atoms with Crippen molar-refractivity contribution in [2.75, 3.05) is 0 Å². The first-order chi connectivity index (χ1) is 6.45. The Bertz CT molecular complexity index is 302. The van der Waals surface area contributed by atoms with Crippen molar-refractivity contribution in [3.8, 4) is 0 Å². The lowest BCUT2D eigenvalue weighted by atomic mass is 10.1. The minimum absolute atomic E-state index is 0.521. The van der Waals surface area contributed by atoms with Crippen LogP contribution in [0.5, 0.6) is 0 Å². The van der Waals surface area contributed by atoms with Crippen LogP contribution in [-0.2, 0) is 14.4 Å². The number of rotatable bonds is 3. The van der Waals surface area contributed by atoms with Gasteiger partial charge in [-0.3, -0.25) is 14.5 Å². The van der Waals surface area contributed by atoms with Gasteiger partial charge in [-0.15, -0.1) is 0 Å². The monoisotopic (exact) mass is 199 g/mol.